The zero-order chi connectivity index (χ0) is 25.9. The van der Waals surface area contributed by atoms with E-state index in [-0.39, 0.29) is 24.2 Å². The van der Waals surface area contributed by atoms with Gasteiger partial charge < -0.3 is 24.2 Å². The number of guanidine groups is 1. The highest BCUT2D eigenvalue weighted by atomic mass is 35.5. The van der Waals surface area contributed by atoms with Crippen molar-refractivity contribution in [2.45, 2.75) is 12.5 Å². The third-order valence-corrected chi connectivity index (χ3v) is 7.02. The Morgan fingerprint density at radius 2 is 1.70 bits per heavy atom. The van der Waals surface area contributed by atoms with Gasteiger partial charge >= 0.3 is 5.97 Å². The van der Waals surface area contributed by atoms with Gasteiger partial charge in [0.25, 0.3) is 0 Å². The molecule has 1 atom stereocenters. The fourth-order valence-corrected chi connectivity index (χ4v) is 5.09. The van der Waals surface area contributed by atoms with Gasteiger partial charge in [-0.05, 0) is 48.5 Å². The molecule has 2 aliphatic rings. The van der Waals surface area contributed by atoms with Crippen LogP contribution in [-0.4, -0.2) is 57.2 Å². The number of aliphatic imine (C=N–C) groups is 1. The second kappa shape index (κ2) is 10.7. The molecule has 2 aliphatic heterocycles. The number of fused-ring (bicyclic) bond motifs is 1. The van der Waals surface area contributed by atoms with E-state index >= 15 is 0 Å². The first-order chi connectivity index (χ1) is 18.0. The average Bonchev–Trinajstić information content (AvgIpc) is 2.93. The molecule has 5 rings (SSSR count). The third-order valence-electron chi connectivity index (χ3n) is 6.79. The van der Waals surface area contributed by atoms with E-state index in [9.17, 15) is 9.18 Å². The van der Waals surface area contributed by atoms with Gasteiger partial charge in [0.05, 0.1) is 38.1 Å². The summed E-state index contributed by atoms with van der Waals surface area (Å²) in [6.07, 6.45) is 0.123. The van der Waals surface area contributed by atoms with Crippen molar-refractivity contribution in [3.8, 4) is 5.75 Å². The van der Waals surface area contributed by atoms with Gasteiger partial charge in [0, 0.05) is 42.5 Å². The van der Waals surface area contributed by atoms with Crippen molar-refractivity contribution in [1.82, 2.24) is 4.90 Å². The summed E-state index contributed by atoms with van der Waals surface area (Å²) < 4.78 is 24.2. The minimum atomic E-state index is -0.376. The van der Waals surface area contributed by atoms with E-state index in [1.807, 2.05) is 41.3 Å². The number of nitrogens with zero attached hydrogens (tertiary/aromatic N) is 4. The fraction of sp³-hybridized carbons (Fsp3) is 0.286. The van der Waals surface area contributed by atoms with Crippen LogP contribution < -0.4 is 14.5 Å². The summed E-state index contributed by atoms with van der Waals surface area (Å²) in [4.78, 5) is 24.1. The maximum absolute atomic E-state index is 13.4. The first kappa shape index (κ1) is 24.9. The van der Waals surface area contributed by atoms with Crippen LogP contribution in [0.2, 0.25) is 5.02 Å². The van der Waals surface area contributed by atoms with Crippen LogP contribution in [0.25, 0.3) is 0 Å². The van der Waals surface area contributed by atoms with E-state index in [1.165, 1.54) is 19.2 Å². The van der Waals surface area contributed by atoms with Crippen LogP contribution in [0.4, 0.5) is 21.5 Å². The van der Waals surface area contributed by atoms with Gasteiger partial charge in [-0.3, -0.25) is 4.79 Å². The molecule has 37 heavy (non-hydrogen) atoms. The van der Waals surface area contributed by atoms with E-state index in [1.54, 1.807) is 25.3 Å². The lowest BCUT2D eigenvalue weighted by Gasteiger charge is -2.45. The second-order valence-electron chi connectivity index (χ2n) is 8.90. The highest BCUT2D eigenvalue weighted by Crippen LogP contribution is 2.44. The lowest BCUT2D eigenvalue weighted by atomic mass is 9.97. The molecule has 0 N–H and O–H groups in total. The number of esters is 1. The van der Waals surface area contributed by atoms with E-state index in [4.69, 9.17) is 26.1 Å². The van der Waals surface area contributed by atoms with E-state index in [0.717, 1.165) is 35.7 Å². The highest BCUT2D eigenvalue weighted by Gasteiger charge is 2.38. The van der Waals surface area contributed by atoms with Crippen molar-refractivity contribution in [2.75, 3.05) is 50.2 Å². The van der Waals surface area contributed by atoms with Gasteiger partial charge in [0.2, 0.25) is 5.96 Å². The van der Waals surface area contributed by atoms with Crippen LogP contribution in [0.15, 0.2) is 71.7 Å². The molecule has 1 fully saturated rings. The number of hydrogen-bond acceptors (Lipinski definition) is 7. The molecule has 0 saturated carbocycles. The number of benzene rings is 3. The summed E-state index contributed by atoms with van der Waals surface area (Å²) in [7, 11) is 3.00. The first-order valence-corrected chi connectivity index (χ1v) is 12.5. The molecule has 3 aromatic rings. The van der Waals surface area contributed by atoms with Crippen LogP contribution >= 0.6 is 11.6 Å². The Balaban J connectivity index is 1.55. The highest BCUT2D eigenvalue weighted by molar-refractivity contribution is 6.31. The van der Waals surface area contributed by atoms with Gasteiger partial charge in [-0.25, -0.2) is 9.38 Å². The van der Waals surface area contributed by atoms with Gasteiger partial charge in [-0.1, -0.05) is 29.8 Å². The Labute approximate surface area is 220 Å². The zero-order valence-corrected chi connectivity index (χ0v) is 21.5. The molecule has 2 heterocycles. The summed E-state index contributed by atoms with van der Waals surface area (Å²) in [6.45, 7) is 2.83. The maximum atomic E-state index is 13.4. The Bertz CT molecular complexity index is 1310. The van der Waals surface area contributed by atoms with Crippen LogP contribution in [0.5, 0.6) is 5.75 Å². The van der Waals surface area contributed by atoms with Gasteiger partial charge in [0.15, 0.2) is 0 Å². The molecule has 192 valence electrons. The molecule has 0 aromatic heterocycles. The number of anilines is 2. The predicted molar refractivity (Wildman–Crippen MR) is 144 cm³/mol. The van der Waals surface area contributed by atoms with E-state index < -0.39 is 0 Å². The Morgan fingerprint density at radius 3 is 2.41 bits per heavy atom. The van der Waals surface area contributed by atoms with Crippen LogP contribution in [0.3, 0.4) is 0 Å². The largest absolute Gasteiger partial charge is 0.495 e. The molecule has 1 unspecified atom stereocenters. The second-order valence-corrected chi connectivity index (χ2v) is 9.34. The smallest absolute Gasteiger partial charge is 0.307 e. The molecular formula is C28H28ClFN4O3. The summed E-state index contributed by atoms with van der Waals surface area (Å²) in [5.41, 5.74) is 3.43. The number of halogens is 2. The van der Waals surface area contributed by atoms with Crippen LogP contribution in [-0.2, 0) is 9.53 Å². The SMILES string of the molecule is COC(=O)CC1c2ccccc2N=C(N2CCN(c3ccc(F)cc3)CC2)N1c1cc(Cl)ccc1OC. The maximum Gasteiger partial charge on any atom is 0.307 e. The lowest BCUT2D eigenvalue weighted by molar-refractivity contribution is -0.141. The number of rotatable bonds is 5. The zero-order valence-electron chi connectivity index (χ0n) is 20.7. The number of para-hydroxylation sites is 1. The number of methoxy groups -OCH3 is 2. The van der Waals surface area contributed by atoms with Crippen molar-refractivity contribution in [3.05, 3.63) is 83.1 Å². The Hall–Kier alpha value is -3.78. The monoisotopic (exact) mass is 522 g/mol. The molecule has 9 heteroatoms. The number of piperazine rings is 1. The standard InChI is InChI=1S/C28H28ClFN4O3/c1-36-26-12-7-19(29)17-25(26)34-24(18-27(35)37-2)22-5-3-4-6-23(22)31-28(34)33-15-13-32(14-16-33)21-10-8-20(30)9-11-21/h3-12,17,24H,13-16,18H2,1-2H3. The van der Waals surface area contributed by atoms with E-state index in [2.05, 4.69) is 9.80 Å². The summed E-state index contributed by atoms with van der Waals surface area (Å²) >= 11 is 6.44. The molecule has 0 bridgehead atoms. The predicted octanol–water partition coefficient (Wildman–Crippen LogP) is 5.42. The molecule has 3 aromatic carbocycles. The van der Waals surface area contributed by atoms with Gasteiger partial charge in [0.1, 0.15) is 11.6 Å². The summed E-state index contributed by atoms with van der Waals surface area (Å²) in [6, 6.07) is 19.4. The number of ether oxygens (including phenoxy) is 2. The first-order valence-electron chi connectivity index (χ1n) is 12.1. The topological polar surface area (TPSA) is 57.6 Å². The molecule has 0 spiro atoms. The summed E-state index contributed by atoms with van der Waals surface area (Å²) in [5, 5.41) is 0.548. The third kappa shape index (κ3) is 5.06. The number of carbonyl (C=O) groups excluding carboxylic acids is 1. The van der Waals surface area contributed by atoms with Crippen molar-refractivity contribution < 1.29 is 18.7 Å². The lowest BCUT2D eigenvalue weighted by Crippen LogP contribution is -2.55. The van der Waals surface area contributed by atoms with E-state index in [0.29, 0.717) is 29.8 Å². The fourth-order valence-electron chi connectivity index (χ4n) is 4.92. The Morgan fingerprint density at radius 1 is 1.00 bits per heavy atom. The quantitative estimate of drug-likeness (QED) is 0.417. The van der Waals surface area contributed by atoms with Crippen molar-refractivity contribution in [3.63, 3.8) is 0 Å². The minimum Gasteiger partial charge on any atom is -0.495 e. The molecule has 0 aliphatic carbocycles. The molecule has 0 amide bonds. The number of hydrogen-bond donors (Lipinski definition) is 0. The summed E-state index contributed by atoms with van der Waals surface area (Å²) in [5.74, 6) is 0.761. The van der Waals surface area contributed by atoms with Crippen LogP contribution in [0, 0.1) is 5.82 Å². The van der Waals surface area contributed by atoms with Crippen LogP contribution in [0.1, 0.15) is 18.0 Å². The van der Waals surface area contributed by atoms with Gasteiger partial charge in [-0.2, -0.15) is 0 Å². The van der Waals surface area contributed by atoms with Crippen molar-refractivity contribution in [2.24, 2.45) is 4.99 Å². The molecular weight excluding hydrogens is 495 g/mol. The van der Waals surface area contributed by atoms with Gasteiger partial charge in [-0.15, -0.1) is 0 Å². The average molecular weight is 523 g/mol. The molecule has 1 saturated heterocycles. The Kier molecular flexibility index (Phi) is 7.19. The number of carbonyl (C=O) groups is 1. The normalized spacial score (nSPS) is 17.2. The van der Waals surface area contributed by atoms with Crippen molar-refractivity contribution >= 4 is 40.6 Å². The molecule has 0 radical (unpaired) electrons. The molecule has 7 nitrogen and oxygen atoms in total. The minimum absolute atomic E-state index is 0.123. The van der Waals surface area contributed by atoms with Crippen molar-refractivity contribution in [1.29, 1.82) is 0 Å².